The predicted octanol–water partition coefficient (Wildman–Crippen LogP) is 4.50. The molecule has 0 aromatic heterocycles. The van der Waals surface area contributed by atoms with Gasteiger partial charge in [0.25, 0.3) is 0 Å². The van der Waals surface area contributed by atoms with Crippen LogP contribution in [0.3, 0.4) is 0 Å². The molecule has 1 unspecified atom stereocenters. The smallest absolute Gasteiger partial charge is 0.118 e. The van der Waals surface area contributed by atoms with Crippen molar-refractivity contribution in [2.45, 2.75) is 26.3 Å². The molecule has 0 saturated heterocycles. The summed E-state index contributed by atoms with van der Waals surface area (Å²) in [6.45, 7) is 5.29. The van der Waals surface area contributed by atoms with Crippen molar-refractivity contribution >= 4 is 22.6 Å². The second-order valence-electron chi connectivity index (χ2n) is 5.14. The second-order valence-corrected chi connectivity index (χ2v) is 6.22. The average molecular weight is 395 g/mol. The van der Waals surface area contributed by atoms with Gasteiger partial charge in [0.05, 0.1) is 7.11 Å². The van der Waals surface area contributed by atoms with Gasteiger partial charge in [-0.05, 0) is 71.3 Å². The first-order chi connectivity index (χ1) is 10.2. The fourth-order valence-corrected chi connectivity index (χ4v) is 3.21. The second kappa shape index (κ2) is 7.80. The van der Waals surface area contributed by atoms with Gasteiger partial charge in [-0.1, -0.05) is 37.3 Å². The highest BCUT2D eigenvalue weighted by Crippen LogP contribution is 2.26. The zero-order valence-corrected chi connectivity index (χ0v) is 15.0. The van der Waals surface area contributed by atoms with E-state index in [0.717, 1.165) is 18.7 Å². The molecular weight excluding hydrogens is 373 g/mol. The van der Waals surface area contributed by atoms with Crippen molar-refractivity contribution in [1.82, 2.24) is 5.32 Å². The van der Waals surface area contributed by atoms with Crippen molar-refractivity contribution < 1.29 is 4.74 Å². The van der Waals surface area contributed by atoms with E-state index in [1.54, 1.807) is 7.11 Å². The number of hydrogen-bond acceptors (Lipinski definition) is 2. The molecule has 1 atom stereocenters. The minimum Gasteiger partial charge on any atom is -0.497 e. The number of benzene rings is 2. The Kier molecular flexibility index (Phi) is 6.06. The van der Waals surface area contributed by atoms with Crippen LogP contribution >= 0.6 is 22.6 Å². The first-order valence-electron chi connectivity index (χ1n) is 7.27. The molecule has 112 valence electrons. The average Bonchev–Trinajstić information content (AvgIpc) is 2.50. The Labute approximate surface area is 141 Å². The summed E-state index contributed by atoms with van der Waals surface area (Å²) in [4.78, 5) is 0. The van der Waals surface area contributed by atoms with E-state index >= 15 is 0 Å². The molecule has 2 nitrogen and oxygen atoms in total. The maximum Gasteiger partial charge on any atom is 0.118 e. The van der Waals surface area contributed by atoms with Crippen LogP contribution in [0.1, 0.15) is 29.7 Å². The molecular formula is C18H22INO. The molecule has 0 aliphatic rings. The lowest BCUT2D eigenvalue weighted by atomic mass is 9.97. The first-order valence-corrected chi connectivity index (χ1v) is 8.35. The van der Waals surface area contributed by atoms with Gasteiger partial charge in [-0.3, -0.25) is 0 Å². The fraction of sp³-hybridized carbons (Fsp3) is 0.333. The summed E-state index contributed by atoms with van der Waals surface area (Å²) < 4.78 is 6.58. The molecule has 1 N–H and O–H groups in total. The maximum atomic E-state index is 5.22. The molecule has 0 aliphatic carbocycles. The Morgan fingerprint density at radius 3 is 2.48 bits per heavy atom. The molecule has 0 aliphatic heterocycles. The summed E-state index contributed by atoms with van der Waals surface area (Å²) in [6, 6.07) is 15.2. The lowest BCUT2D eigenvalue weighted by molar-refractivity contribution is 0.414. The van der Waals surface area contributed by atoms with Crippen LogP contribution in [0.2, 0.25) is 0 Å². The van der Waals surface area contributed by atoms with Crippen molar-refractivity contribution in [2.24, 2.45) is 0 Å². The number of methoxy groups -OCH3 is 1. The van der Waals surface area contributed by atoms with E-state index in [1.807, 2.05) is 12.1 Å². The van der Waals surface area contributed by atoms with Crippen LogP contribution in [-0.2, 0) is 6.42 Å². The molecule has 0 amide bonds. The Bertz CT molecular complexity index is 580. The van der Waals surface area contributed by atoms with Crippen LogP contribution < -0.4 is 10.1 Å². The lowest BCUT2D eigenvalue weighted by Gasteiger charge is -2.21. The van der Waals surface area contributed by atoms with Crippen molar-refractivity contribution in [2.75, 3.05) is 13.7 Å². The predicted molar refractivity (Wildman–Crippen MR) is 97.0 cm³/mol. The van der Waals surface area contributed by atoms with E-state index in [2.05, 4.69) is 72.1 Å². The van der Waals surface area contributed by atoms with Gasteiger partial charge in [-0.2, -0.15) is 0 Å². The molecule has 0 saturated carbocycles. The van der Waals surface area contributed by atoms with Gasteiger partial charge in [0, 0.05) is 9.61 Å². The maximum absolute atomic E-state index is 5.22. The number of likely N-dealkylation sites (N-methyl/N-ethyl adjacent to an activating group) is 1. The molecule has 0 bridgehead atoms. The number of ether oxygens (including phenoxy) is 1. The standard InChI is InChI=1S/C18H22INO/c1-4-20-17(16-7-5-6-13(2)18(16)19)12-14-8-10-15(21-3)11-9-14/h5-11,17,20H,4,12H2,1-3H3. The highest BCUT2D eigenvalue weighted by molar-refractivity contribution is 14.1. The van der Waals surface area contributed by atoms with Crippen LogP contribution in [0.25, 0.3) is 0 Å². The zero-order valence-electron chi connectivity index (χ0n) is 12.8. The highest BCUT2D eigenvalue weighted by Gasteiger charge is 2.15. The number of aryl methyl sites for hydroxylation is 1. The van der Waals surface area contributed by atoms with Crippen LogP contribution in [0, 0.1) is 10.5 Å². The summed E-state index contributed by atoms with van der Waals surface area (Å²) in [5.41, 5.74) is 4.04. The summed E-state index contributed by atoms with van der Waals surface area (Å²) >= 11 is 2.45. The van der Waals surface area contributed by atoms with Crippen molar-refractivity contribution in [3.63, 3.8) is 0 Å². The summed E-state index contributed by atoms with van der Waals surface area (Å²) in [5.74, 6) is 0.906. The Balaban J connectivity index is 2.24. The number of hydrogen-bond donors (Lipinski definition) is 1. The molecule has 0 spiro atoms. The van der Waals surface area contributed by atoms with Gasteiger partial charge in [0.15, 0.2) is 0 Å². The van der Waals surface area contributed by atoms with Crippen LogP contribution in [0.15, 0.2) is 42.5 Å². The van der Waals surface area contributed by atoms with Crippen LogP contribution in [0.4, 0.5) is 0 Å². The first kappa shape index (κ1) is 16.3. The van der Waals surface area contributed by atoms with Gasteiger partial charge in [-0.15, -0.1) is 0 Å². The molecule has 0 fully saturated rings. The zero-order chi connectivity index (χ0) is 15.2. The van der Waals surface area contributed by atoms with Crippen LogP contribution in [0.5, 0.6) is 5.75 Å². The third-order valence-electron chi connectivity index (χ3n) is 3.65. The molecule has 2 aromatic carbocycles. The minimum atomic E-state index is 0.343. The minimum absolute atomic E-state index is 0.343. The third kappa shape index (κ3) is 4.20. The Morgan fingerprint density at radius 1 is 1.14 bits per heavy atom. The molecule has 21 heavy (non-hydrogen) atoms. The van der Waals surface area contributed by atoms with Crippen molar-refractivity contribution in [3.05, 3.63) is 62.7 Å². The van der Waals surface area contributed by atoms with Crippen molar-refractivity contribution in [1.29, 1.82) is 0 Å². The van der Waals surface area contributed by atoms with Gasteiger partial charge in [-0.25, -0.2) is 0 Å². The van der Waals surface area contributed by atoms with Crippen molar-refractivity contribution in [3.8, 4) is 5.75 Å². The van der Waals surface area contributed by atoms with E-state index in [4.69, 9.17) is 4.74 Å². The fourth-order valence-electron chi connectivity index (χ4n) is 2.48. The van der Waals surface area contributed by atoms with Gasteiger partial charge >= 0.3 is 0 Å². The SMILES string of the molecule is CCNC(Cc1ccc(OC)cc1)c1cccc(C)c1I. The topological polar surface area (TPSA) is 21.3 Å². The van der Waals surface area contributed by atoms with Gasteiger partial charge in [0.2, 0.25) is 0 Å². The quantitative estimate of drug-likeness (QED) is 0.728. The third-order valence-corrected chi connectivity index (χ3v) is 5.12. The molecule has 0 radical (unpaired) electrons. The van der Waals surface area contributed by atoms with E-state index < -0.39 is 0 Å². The summed E-state index contributed by atoms with van der Waals surface area (Å²) in [6.07, 6.45) is 0.983. The van der Waals surface area contributed by atoms with Crippen LogP contribution in [-0.4, -0.2) is 13.7 Å². The van der Waals surface area contributed by atoms with E-state index in [-0.39, 0.29) is 0 Å². The summed E-state index contributed by atoms with van der Waals surface area (Å²) in [5, 5.41) is 3.61. The Morgan fingerprint density at radius 2 is 1.86 bits per heavy atom. The number of nitrogens with one attached hydrogen (secondary N) is 1. The molecule has 3 heteroatoms. The highest BCUT2D eigenvalue weighted by atomic mass is 127. The number of rotatable bonds is 6. The Hall–Kier alpha value is -1.07. The largest absolute Gasteiger partial charge is 0.497 e. The lowest BCUT2D eigenvalue weighted by Crippen LogP contribution is -2.24. The molecule has 2 aromatic rings. The van der Waals surface area contributed by atoms with Gasteiger partial charge < -0.3 is 10.1 Å². The monoisotopic (exact) mass is 395 g/mol. The normalized spacial score (nSPS) is 12.2. The van der Waals surface area contributed by atoms with E-state index in [1.165, 1.54) is 20.3 Å². The number of halogens is 1. The summed E-state index contributed by atoms with van der Waals surface area (Å²) in [7, 11) is 1.70. The van der Waals surface area contributed by atoms with E-state index in [9.17, 15) is 0 Å². The molecule has 2 rings (SSSR count). The molecule has 0 heterocycles. The van der Waals surface area contributed by atoms with E-state index in [0.29, 0.717) is 6.04 Å². The van der Waals surface area contributed by atoms with Gasteiger partial charge in [0.1, 0.15) is 5.75 Å².